The van der Waals surface area contributed by atoms with Crippen molar-refractivity contribution in [2.24, 2.45) is 10.9 Å². The molecule has 2 aliphatic rings. The summed E-state index contributed by atoms with van der Waals surface area (Å²) in [6.07, 6.45) is 2.04. The summed E-state index contributed by atoms with van der Waals surface area (Å²) < 4.78 is 38.1. The van der Waals surface area contributed by atoms with Crippen LogP contribution >= 0.6 is 0 Å². The van der Waals surface area contributed by atoms with Crippen LogP contribution in [0, 0.1) is 5.92 Å². The van der Waals surface area contributed by atoms with Gasteiger partial charge in [0.25, 0.3) is 0 Å². The Kier molecular flexibility index (Phi) is 9.34. The molecule has 1 aliphatic heterocycles. The SMILES string of the molecule is CCNC(=NCCN(C)C1CCCC1)N1CCC(CN(CC)CC(F)(F)F)C1. The Bertz CT molecular complexity index is 477. The van der Waals surface area contributed by atoms with Crippen molar-refractivity contribution in [3.63, 3.8) is 0 Å². The van der Waals surface area contributed by atoms with Gasteiger partial charge in [0.1, 0.15) is 0 Å². The zero-order valence-electron chi connectivity index (χ0n) is 17.8. The number of likely N-dealkylation sites (N-methyl/N-ethyl adjacent to an activating group) is 1. The monoisotopic (exact) mass is 405 g/mol. The van der Waals surface area contributed by atoms with Gasteiger partial charge in [-0.25, -0.2) is 0 Å². The van der Waals surface area contributed by atoms with E-state index in [2.05, 4.69) is 29.1 Å². The van der Waals surface area contributed by atoms with Crippen molar-refractivity contribution < 1.29 is 13.2 Å². The molecule has 1 saturated heterocycles. The quantitative estimate of drug-likeness (QED) is 0.472. The average Bonchev–Trinajstić information content (AvgIpc) is 3.31. The van der Waals surface area contributed by atoms with Gasteiger partial charge in [-0.05, 0) is 45.7 Å². The van der Waals surface area contributed by atoms with Crippen LogP contribution in [-0.2, 0) is 0 Å². The number of alkyl halides is 3. The van der Waals surface area contributed by atoms with Gasteiger partial charge in [0.05, 0.1) is 13.1 Å². The van der Waals surface area contributed by atoms with Gasteiger partial charge in [0.2, 0.25) is 0 Å². The van der Waals surface area contributed by atoms with Crippen molar-refractivity contribution in [3.05, 3.63) is 0 Å². The fourth-order valence-electron chi connectivity index (χ4n) is 4.37. The first-order valence-electron chi connectivity index (χ1n) is 10.8. The largest absolute Gasteiger partial charge is 0.401 e. The molecule has 1 aliphatic carbocycles. The number of rotatable bonds is 9. The molecule has 0 amide bonds. The first kappa shape index (κ1) is 23.3. The third-order valence-corrected chi connectivity index (χ3v) is 5.95. The van der Waals surface area contributed by atoms with Crippen LogP contribution in [-0.4, -0.2) is 92.3 Å². The van der Waals surface area contributed by atoms with E-state index in [4.69, 9.17) is 4.99 Å². The van der Waals surface area contributed by atoms with Crippen molar-refractivity contribution in [2.75, 3.05) is 59.4 Å². The first-order chi connectivity index (χ1) is 13.3. The number of guanidine groups is 1. The first-order valence-corrected chi connectivity index (χ1v) is 10.8. The van der Waals surface area contributed by atoms with Gasteiger partial charge in [0, 0.05) is 38.8 Å². The van der Waals surface area contributed by atoms with Crippen molar-refractivity contribution in [3.8, 4) is 0 Å². The number of hydrogen-bond donors (Lipinski definition) is 1. The number of aliphatic imine (C=N–C) groups is 1. The molecule has 0 spiro atoms. The summed E-state index contributed by atoms with van der Waals surface area (Å²) in [5.74, 6) is 1.16. The number of likely N-dealkylation sites (tertiary alicyclic amines) is 1. The van der Waals surface area contributed by atoms with E-state index in [0.717, 1.165) is 45.1 Å². The summed E-state index contributed by atoms with van der Waals surface area (Å²) in [5.41, 5.74) is 0. The van der Waals surface area contributed by atoms with Gasteiger partial charge in [-0.1, -0.05) is 19.8 Å². The van der Waals surface area contributed by atoms with E-state index in [1.165, 1.54) is 30.6 Å². The highest BCUT2D eigenvalue weighted by Crippen LogP contribution is 2.23. The molecule has 0 bridgehead atoms. The molecule has 164 valence electrons. The minimum Gasteiger partial charge on any atom is -0.357 e. The minimum atomic E-state index is -4.13. The molecule has 0 aromatic rings. The highest BCUT2D eigenvalue weighted by Gasteiger charge is 2.33. The third-order valence-electron chi connectivity index (χ3n) is 5.95. The zero-order valence-corrected chi connectivity index (χ0v) is 17.8. The number of halogens is 3. The predicted molar refractivity (Wildman–Crippen MR) is 109 cm³/mol. The summed E-state index contributed by atoms with van der Waals surface area (Å²) in [5, 5.41) is 3.36. The van der Waals surface area contributed by atoms with Crippen molar-refractivity contribution in [1.82, 2.24) is 20.0 Å². The molecule has 5 nitrogen and oxygen atoms in total. The summed E-state index contributed by atoms with van der Waals surface area (Å²) in [6.45, 7) is 8.10. The van der Waals surface area contributed by atoms with Crippen LogP contribution in [0.3, 0.4) is 0 Å². The lowest BCUT2D eigenvalue weighted by Gasteiger charge is -2.26. The minimum absolute atomic E-state index is 0.257. The summed E-state index contributed by atoms with van der Waals surface area (Å²) in [4.78, 5) is 10.9. The van der Waals surface area contributed by atoms with Gasteiger partial charge in [-0.2, -0.15) is 13.2 Å². The Morgan fingerprint density at radius 1 is 1.18 bits per heavy atom. The molecule has 0 aromatic carbocycles. The molecule has 1 atom stereocenters. The van der Waals surface area contributed by atoms with Crippen molar-refractivity contribution in [2.45, 2.75) is 58.2 Å². The zero-order chi connectivity index (χ0) is 20.6. The van der Waals surface area contributed by atoms with Crippen LogP contribution in [0.4, 0.5) is 13.2 Å². The highest BCUT2D eigenvalue weighted by molar-refractivity contribution is 5.80. The van der Waals surface area contributed by atoms with E-state index in [-0.39, 0.29) is 5.92 Å². The van der Waals surface area contributed by atoms with Crippen LogP contribution in [0.5, 0.6) is 0 Å². The number of hydrogen-bond acceptors (Lipinski definition) is 3. The lowest BCUT2D eigenvalue weighted by Crippen LogP contribution is -2.42. The fourth-order valence-corrected chi connectivity index (χ4v) is 4.37. The summed E-state index contributed by atoms with van der Waals surface area (Å²) in [6, 6.07) is 0.697. The van der Waals surface area contributed by atoms with Crippen molar-refractivity contribution in [1.29, 1.82) is 0 Å². The molecule has 1 saturated carbocycles. The normalized spacial score (nSPS) is 22.1. The van der Waals surface area contributed by atoms with E-state index in [1.807, 2.05) is 0 Å². The molecular weight excluding hydrogens is 367 g/mol. The molecule has 28 heavy (non-hydrogen) atoms. The van der Waals surface area contributed by atoms with E-state index in [9.17, 15) is 13.2 Å². The van der Waals surface area contributed by atoms with Gasteiger partial charge in [-0.15, -0.1) is 0 Å². The maximum atomic E-state index is 12.7. The Balaban J connectivity index is 1.82. The lowest BCUT2D eigenvalue weighted by atomic mass is 10.1. The smallest absolute Gasteiger partial charge is 0.357 e. The molecule has 8 heteroatoms. The standard InChI is InChI=1S/C20H38F3N5/c1-4-24-19(25-11-13-26(3)18-8-6-7-9-18)28-12-10-17(15-28)14-27(5-2)16-20(21,22)23/h17-18H,4-16H2,1-3H3,(H,24,25). The Morgan fingerprint density at radius 3 is 2.50 bits per heavy atom. The molecule has 2 fully saturated rings. The molecule has 1 N–H and O–H groups in total. The second-order valence-corrected chi connectivity index (χ2v) is 8.20. The van der Waals surface area contributed by atoms with E-state index in [1.54, 1.807) is 6.92 Å². The summed E-state index contributed by atoms with van der Waals surface area (Å²) in [7, 11) is 2.18. The van der Waals surface area contributed by atoms with Gasteiger partial charge in [0.15, 0.2) is 5.96 Å². The fraction of sp³-hybridized carbons (Fsp3) is 0.950. The lowest BCUT2D eigenvalue weighted by molar-refractivity contribution is -0.146. The van der Waals surface area contributed by atoms with E-state index >= 15 is 0 Å². The van der Waals surface area contributed by atoms with Gasteiger partial charge >= 0.3 is 6.18 Å². The van der Waals surface area contributed by atoms with Crippen LogP contribution in [0.1, 0.15) is 46.0 Å². The maximum absolute atomic E-state index is 12.7. The molecule has 2 rings (SSSR count). The molecule has 0 aromatic heterocycles. The second-order valence-electron chi connectivity index (χ2n) is 8.20. The van der Waals surface area contributed by atoms with Crippen LogP contribution in [0.2, 0.25) is 0 Å². The van der Waals surface area contributed by atoms with Gasteiger partial charge in [-0.3, -0.25) is 9.89 Å². The molecular formula is C20H38F3N5. The third kappa shape index (κ3) is 7.78. The molecule has 1 heterocycles. The van der Waals surface area contributed by atoms with Crippen LogP contribution < -0.4 is 5.32 Å². The Hall–Kier alpha value is -1.02. The Morgan fingerprint density at radius 2 is 1.89 bits per heavy atom. The average molecular weight is 406 g/mol. The predicted octanol–water partition coefficient (Wildman–Crippen LogP) is 3.03. The molecule has 1 unspecified atom stereocenters. The van der Waals surface area contributed by atoms with Gasteiger partial charge < -0.3 is 15.1 Å². The van der Waals surface area contributed by atoms with Crippen LogP contribution in [0.15, 0.2) is 4.99 Å². The topological polar surface area (TPSA) is 34.1 Å². The maximum Gasteiger partial charge on any atom is 0.401 e. The number of nitrogens with one attached hydrogen (secondary N) is 1. The van der Waals surface area contributed by atoms with E-state index in [0.29, 0.717) is 19.1 Å². The van der Waals surface area contributed by atoms with Crippen LogP contribution in [0.25, 0.3) is 0 Å². The van der Waals surface area contributed by atoms with E-state index < -0.39 is 12.7 Å². The number of nitrogens with zero attached hydrogens (tertiary/aromatic N) is 4. The summed E-state index contributed by atoms with van der Waals surface area (Å²) >= 11 is 0. The van der Waals surface area contributed by atoms with Crippen molar-refractivity contribution >= 4 is 5.96 Å². The second kappa shape index (κ2) is 11.2. The Labute approximate surface area is 168 Å². The highest BCUT2D eigenvalue weighted by atomic mass is 19.4. The molecule has 0 radical (unpaired) electrons.